The van der Waals surface area contributed by atoms with E-state index < -0.39 is 0 Å². The maximum absolute atomic E-state index is 3.53. The molecule has 0 aromatic carbocycles. The van der Waals surface area contributed by atoms with E-state index in [1.165, 1.54) is 13.0 Å². The third-order valence-electron chi connectivity index (χ3n) is 2.31. The third-order valence-corrected chi connectivity index (χ3v) is 2.31. The molecule has 0 fully saturated rings. The Labute approximate surface area is 95.8 Å². The fourth-order valence-corrected chi connectivity index (χ4v) is 1.86. The molecule has 3 nitrogen and oxygen atoms in total. The number of hydrogen-bond donors (Lipinski definition) is 1. The zero-order valence-electron chi connectivity index (χ0n) is 11.4. The van der Waals surface area contributed by atoms with Crippen molar-refractivity contribution >= 4 is 0 Å². The Morgan fingerprint density at radius 1 is 1.00 bits per heavy atom. The van der Waals surface area contributed by atoms with Crippen LogP contribution in [0.4, 0.5) is 0 Å². The van der Waals surface area contributed by atoms with Crippen molar-refractivity contribution in [1.29, 1.82) is 0 Å². The van der Waals surface area contributed by atoms with Crippen LogP contribution in [-0.4, -0.2) is 64.2 Å². The molecule has 0 aromatic rings. The van der Waals surface area contributed by atoms with Gasteiger partial charge >= 0.3 is 0 Å². The molecule has 0 radical (unpaired) electrons. The van der Waals surface area contributed by atoms with Crippen molar-refractivity contribution in [3.05, 3.63) is 0 Å². The molecule has 0 heterocycles. The largest absolute Gasteiger partial charge is 0.316 e. The summed E-state index contributed by atoms with van der Waals surface area (Å²) < 4.78 is 0. The summed E-state index contributed by atoms with van der Waals surface area (Å²) in [6, 6.07) is 0. The van der Waals surface area contributed by atoms with Gasteiger partial charge in [-0.05, 0) is 53.1 Å². The molecule has 0 aliphatic heterocycles. The Morgan fingerprint density at radius 3 is 2.07 bits per heavy atom. The van der Waals surface area contributed by atoms with Crippen LogP contribution < -0.4 is 5.32 Å². The molecule has 0 atom stereocenters. The molecule has 0 rings (SSSR count). The molecule has 0 amide bonds. The molecular formula is C12H29N3. The van der Waals surface area contributed by atoms with Crippen LogP contribution >= 0.6 is 0 Å². The molecule has 0 saturated carbocycles. The first-order chi connectivity index (χ1) is 6.83. The van der Waals surface area contributed by atoms with E-state index in [1.807, 2.05) is 0 Å². The van der Waals surface area contributed by atoms with Gasteiger partial charge in [-0.2, -0.15) is 0 Å². The van der Waals surface area contributed by atoms with E-state index in [9.17, 15) is 0 Å². The molecule has 1 N–H and O–H groups in total. The van der Waals surface area contributed by atoms with E-state index in [4.69, 9.17) is 0 Å². The first-order valence-corrected chi connectivity index (χ1v) is 5.84. The maximum Gasteiger partial charge on any atom is 0.00387 e. The fraction of sp³-hybridized carbons (Fsp3) is 1.00. The van der Waals surface area contributed by atoms with E-state index in [1.54, 1.807) is 0 Å². The molecule has 0 saturated heterocycles. The van der Waals surface area contributed by atoms with Crippen molar-refractivity contribution in [1.82, 2.24) is 15.1 Å². The standard InChI is InChI=1S/C12H29N3/c1-12(2,11-15(5)6)10-13-8-7-9-14(3)4/h13H,7-11H2,1-6H3. The van der Waals surface area contributed by atoms with Gasteiger partial charge in [-0.3, -0.25) is 0 Å². The molecule has 0 aliphatic carbocycles. The minimum Gasteiger partial charge on any atom is -0.316 e. The second kappa shape index (κ2) is 7.20. The number of hydrogen-bond acceptors (Lipinski definition) is 3. The van der Waals surface area contributed by atoms with Crippen LogP contribution in [0, 0.1) is 5.41 Å². The lowest BCUT2D eigenvalue weighted by atomic mass is 9.93. The van der Waals surface area contributed by atoms with E-state index in [2.05, 4.69) is 57.2 Å². The quantitative estimate of drug-likeness (QED) is 0.612. The van der Waals surface area contributed by atoms with Crippen LogP contribution in [0.3, 0.4) is 0 Å². The SMILES string of the molecule is CN(C)CCCNCC(C)(C)CN(C)C. The molecule has 0 unspecified atom stereocenters. The van der Waals surface area contributed by atoms with Crippen molar-refractivity contribution < 1.29 is 0 Å². The summed E-state index contributed by atoms with van der Waals surface area (Å²) in [6.07, 6.45) is 1.23. The second-order valence-corrected chi connectivity index (χ2v) is 5.74. The van der Waals surface area contributed by atoms with Crippen LogP contribution in [0.5, 0.6) is 0 Å². The summed E-state index contributed by atoms with van der Waals surface area (Å²) in [5, 5.41) is 3.53. The Bertz CT molecular complexity index is 153. The lowest BCUT2D eigenvalue weighted by Crippen LogP contribution is -2.38. The molecule has 0 spiro atoms. The first-order valence-electron chi connectivity index (χ1n) is 5.84. The highest BCUT2D eigenvalue weighted by molar-refractivity contribution is 4.73. The van der Waals surface area contributed by atoms with Gasteiger partial charge in [0.05, 0.1) is 0 Å². The average molecular weight is 215 g/mol. The zero-order chi connectivity index (χ0) is 11.9. The minimum atomic E-state index is 0.363. The molecule has 15 heavy (non-hydrogen) atoms. The maximum atomic E-state index is 3.53. The molecule has 0 aromatic heterocycles. The van der Waals surface area contributed by atoms with Crippen LogP contribution in [0.1, 0.15) is 20.3 Å². The second-order valence-electron chi connectivity index (χ2n) is 5.74. The highest BCUT2D eigenvalue weighted by atomic mass is 15.1. The topological polar surface area (TPSA) is 18.5 Å². The molecule has 3 heteroatoms. The molecule has 0 bridgehead atoms. The van der Waals surface area contributed by atoms with Gasteiger partial charge in [0.2, 0.25) is 0 Å². The highest BCUT2D eigenvalue weighted by Crippen LogP contribution is 2.13. The van der Waals surface area contributed by atoms with Gasteiger partial charge in [-0.25, -0.2) is 0 Å². The number of rotatable bonds is 8. The summed E-state index contributed by atoms with van der Waals surface area (Å²) >= 11 is 0. The Hall–Kier alpha value is -0.120. The predicted octanol–water partition coefficient (Wildman–Crippen LogP) is 1.12. The van der Waals surface area contributed by atoms with Crippen molar-refractivity contribution in [3.8, 4) is 0 Å². The van der Waals surface area contributed by atoms with Gasteiger partial charge in [0.25, 0.3) is 0 Å². The van der Waals surface area contributed by atoms with E-state index >= 15 is 0 Å². The van der Waals surface area contributed by atoms with Crippen molar-refractivity contribution in [2.45, 2.75) is 20.3 Å². The van der Waals surface area contributed by atoms with Crippen LogP contribution in [0.2, 0.25) is 0 Å². The van der Waals surface area contributed by atoms with Gasteiger partial charge in [0.15, 0.2) is 0 Å². The van der Waals surface area contributed by atoms with Crippen molar-refractivity contribution in [3.63, 3.8) is 0 Å². The van der Waals surface area contributed by atoms with E-state index in [0.29, 0.717) is 5.41 Å². The smallest absolute Gasteiger partial charge is 0.00387 e. The lowest BCUT2D eigenvalue weighted by molar-refractivity contribution is 0.231. The molecule has 0 aliphatic rings. The Morgan fingerprint density at radius 2 is 1.60 bits per heavy atom. The monoisotopic (exact) mass is 215 g/mol. The van der Waals surface area contributed by atoms with Gasteiger partial charge in [-0.15, -0.1) is 0 Å². The zero-order valence-corrected chi connectivity index (χ0v) is 11.4. The minimum absolute atomic E-state index is 0.363. The lowest BCUT2D eigenvalue weighted by Gasteiger charge is -2.28. The normalized spacial score (nSPS) is 12.8. The Kier molecular flexibility index (Phi) is 7.14. The van der Waals surface area contributed by atoms with Crippen molar-refractivity contribution in [2.75, 3.05) is 54.4 Å². The first kappa shape index (κ1) is 14.9. The van der Waals surface area contributed by atoms with Crippen LogP contribution in [0.15, 0.2) is 0 Å². The summed E-state index contributed by atoms with van der Waals surface area (Å²) in [7, 11) is 8.51. The third kappa shape index (κ3) is 10.2. The molecule has 92 valence electrons. The average Bonchev–Trinajstić information content (AvgIpc) is 1.99. The molecular weight excluding hydrogens is 186 g/mol. The van der Waals surface area contributed by atoms with Crippen molar-refractivity contribution in [2.24, 2.45) is 5.41 Å². The summed E-state index contributed by atoms with van der Waals surface area (Å²) in [5.41, 5.74) is 0.363. The van der Waals surface area contributed by atoms with Gasteiger partial charge in [0, 0.05) is 13.1 Å². The van der Waals surface area contributed by atoms with Crippen LogP contribution in [-0.2, 0) is 0 Å². The fourth-order valence-electron chi connectivity index (χ4n) is 1.86. The summed E-state index contributed by atoms with van der Waals surface area (Å²) in [6.45, 7) is 9.14. The summed E-state index contributed by atoms with van der Waals surface area (Å²) in [4.78, 5) is 4.48. The Balaban J connectivity index is 3.48. The van der Waals surface area contributed by atoms with Crippen LogP contribution in [0.25, 0.3) is 0 Å². The number of nitrogens with zero attached hydrogens (tertiary/aromatic N) is 2. The van der Waals surface area contributed by atoms with Gasteiger partial charge in [0.1, 0.15) is 0 Å². The predicted molar refractivity (Wildman–Crippen MR) is 68.4 cm³/mol. The highest BCUT2D eigenvalue weighted by Gasteiger charge is 2.17. The van der Waals surface area contributed by atoms with E-state index in [0.717, 1.165) is 19.6 Å². The number of nitrogens with one attached hydrogen (secondary N) is 1. The van der Waals surface area contributed by atoms with E-state index in [-0.39, 0.29) is 0 Å². The van der Waals surface area contributed by atoms with Gasteiger partial charge in [-0.1, -0.05) is 13.8 Å². The van der Waals surface area contributed by atoms with Gasteiger partial charge < -0.3 is 15.1 Å². The summed E-state index contributed by atoms with van der Waals surface area (Å²) in [5.74, 6) is 0.